The van der Waals surface area contributed by atoms with Crippen molar-refractivity contribution < 1.29 is 9.53 Å². The van der Waals surface area contributed by atoms with Crippen LogP contribution in [0.4, 0.5) is 5.69 Å². The van der Waals surface area contributed by atoms with Gasteiger partial charge in [0, 0.05) is 12.2 Å². The summed E-state index contributed by atoms with van der Waals surface area (Å²) in [6.45, 7) is 7.77. The minimum absolute atomic E-state index is 0.0303. The van der Waals surface area contributed by atoms with Crippen LogP contribution >= 0.6 is 0 Å². The second-order valence-electron chi connectivity index (χ2n) is 6.02. The highest BCUT2D eigenvalue weighted by atomic mass is 16.5. The van der Waals surface area contributed by atoms with E-state index in [1.807, 2.05) is 62.4 Å². The first-order valence-corrected chi connectivity index (χ1v) is 8.42. The molecule has 2 aromatic carbocycles. The van der Waals surface area contributed by atoms with E-state index < -0.39 is 0 Å². The SMILES string of the molecule is CCNCc1cccc(NC(=O)Cc2cccc(OC(C)C)c2)c1. The van der Waals surface area contributed by atoms with Gasteiger partial charge in [0.05, 0.1) is 12.5 Å². The summed E-state index contributed by atoms with van der Waals surface area (Å²) in [4.78, 5) is 12.3. The number of anilines is 1. The molecule has 0 saturated carbocycles. The van der Waals surface area contributed by atoms with Gasteiger partial charge in [0.2, 0.25) is 5.91 Å². The summed E-state index contributed by atoms with van der Waals surface area (Å²) >= 11 is 0. The zero-order chi connectivity index (χ0) is 17.4. The number of carbonyl (C=O) groups excluding carboxylic acids is 1. The third kappa shape index (κ3) is 6.05. The number of hydrogen-bond acceptors (Lipinski definition) is 3. The third-order valence-electron chi connectivity index (χ3n) is 3.42. The number of benzene rings is 2. The lowest BCUT2D eigenvalue weighted by Gasteiger charge is -2.11. The molecular formula is C20H26N2O2. The first kappa shape index (κ1) is 18.0. The van der Waals surface area contributed by atoms with Crippen LogP contribution in [0.5, 0.6) is 5.75 Å². The maximum absolute atomic E-state index is 12.3. The predicted octanol–water partition coefficient (Wildman–Crippen LogP) is 3.76. The van der Waals surface area contributed by atoms with E-state index in [4.69, 9.17) is 4.74 Å². The van der Waals surface area contributed by atoms with Gasteiger partial charge in [-0.1, -0.05) is 31.2 Å². The Balaban J connectivity index is 1.95. The monoisotopic (exact) mass is 326 g/mol. The van der Waals surface area contributed by atoms with Gasteiger partial charge >= 0.3 is 0 Å². The fraction of sp³-hybridized carbons (Fsp3) is 0.350. The van der Waals surface area contributed by atoms with E-state index in [1.54, 1.807) is 0 Å². The van der Waals surface area contributed by atoms with Gasteiger partial charge in [0.25, 0.3) is 0 Å². The second kappa shape index (κ2) is 9.08. The van der Waals surface area contributed by atoms with Crippen molar-refractivity contribution in [1.29, 1.82) is 0 Å². The average molecular weight is 326 g/mol. The lowest BCUT2D eigenvalue weighted by atomic mass is 10.1. The van der Waals surface area contributed by atoms with E-state index >= 15 is 0 Å². The predicted molar refractivity (Wildman–Crippen MR) is 98.4 cm³/mol. The molecule has 0 heterocycles. The Labute approximate surface area is 144 Å². The molecule has 0 fully saturated rings. The van der Waals surface area contributed by atoms with Crippen molar-refractivity contribution >= 4 is 11.6 Å². The fourth-order valence-corrected chi connectivity index (χ4v) is 2.42. The van der Waals surface area contributed by atoms with E-state index in [0.29, 0.717) is 6.42 Å². The molecule has 24 heavy (non-hydrogen) atoms. The van der Waals surface area contributed by atoms with E-state index in [0.717, 1.165) is 35.7 Å². The second-order valence-corrected chi connectivity index (χ2v) is 6.02. The molecule has 0 spiro atoms. The van der Waals surface area contributed by atoms with Crippen molar-refractivity contribution in [3.63, 3.8) is 0 Å². The summed E-state index contributed by atoms with van der Waals surface area (Å²) in [7, 11) is 0. The molecule has 0 atom stereocenters. The molecule has 2 rings (SSSR count). The molecule has 0 aromatic heterocycles. The molecule has 0 saturated heterocycles. The van der Waals surface area contributed by atoms with Crippen LogP contribution in [0.1, 0.15) is 31.9 Å². The zero-order valence-electron chi connectivity index (χ0n) is 14.6. The molecule has 4 nitrogen and oxygen atoms in total. The summed E-state index contributed by atoms with van der Waals surface area (Å²) < 4.78 is 5.67. The molecule has 2 aromatic rings. The summed E-state index contributed by atoms with van der Waals surface area (Å²) in [5.74, 6) is 0.764. The number of ether oxygens (including phenoxy) is 1. The molecule has 0 aliphatic heterocycles. The Morgan fingerprint density at radius 1 is 1.08 bits per heavy atom. The largest absolute Gasteiger partial charge is 0.491 e. The van der Waals surface area contributed by atoms with Crippen LogP contribution in [-0.2, 0) is 17.8 Å². The number of hydrogen-bond donors (Lipinski definition) is 2. The van der Waals surface area contributed by atoms with Crippen LogP contribution in [0.15, 0.2) is 48.5 Å². The first-order valence-electron chi connectivity index (χ1n) is 8.42. The van der Waals surface area contributed by atoms with Crippen LogP contribution in [-0.4, -0.2) is 18.6 Å². The van der Waals surface area contributed by atoms with Crippen molar-refractivity contribution in [3.8, 4) is 5.75 Å². The molecule has 128 valence electrons. The van der Waals surface area contributed by atoms with Gasteiger partial charge in [0.15, 0.2) is 0 Å². The minimum atomic E-state index is -0.0303. The average Bonchev–Trinajstić information content (AvgIpc) is 2.53. The van der Waals surface area contributed by atoms with E-state index in [1.165, 1.54) is 0 Å². The Bertz CT molecular complexity index is 668. The molecule has 0 aliphatic rings. The molecule has 1 amide bonds. The van der Waals surface area contributed by atoms with Gasteiger partial charge in [0.1, 0.15) is 5.75 Å². The first-order chi connectivity index (χ1) is 11.6. The van der Waals surface area contributed by atoms with Gasteiger partial charge in [-0.3, -0.25) is 4.79 Å². The van der Waals surface area contributed by atoms with Gasteiger partial charge < -0.3 is 15.4 Å². The molecule has 0 radical (unpaired) electrons. The van der Waals surface area contributed by atoms with Crippen molar-refractivity contribution in [3.05, 3.63) is 59.7 Å². The standard InChI is InChI=1S/C20H26N2O2/c1-4-21-14-17-8-5-9-18(11-17)22-20(23)13-16-7-6-10-19(12-16)24-15(2)3/h5-12,15,21H,4,13-14H2,1-3H3,(H,22,23). The Hall–Kier alpha value is -2.33. The van der Waals surface area contributed by atoms with Crippen molar-refractivity contribution in [1.82, 2.24) is 5.32 Å². The Kier molecular flexibility index (Phi) is 6.82. The number of nitrogens with one attached hydrogen (secondary N) is 2. The highest BCUT2D eigenvalue weighted by molar-refractivity contribution is 5.92. The molecule has 0 unspecified atom stereocenters. The molecule has 0 bridgehead atoms. The highest BCUT2D eigenvalue weighted by Crippen LogP contribution is 2.16. The molecule has 2 N–H and O–H groups in total. The normalized spacial score (nSPS) is 10.7. The van der Waals surface area contributed by atoms with Crippen molar-refractivity contribution in [2.24, 2.45) is 0 Å². The molecule has 4 heteroatoms. The van der Waals surface area contributed by atoms with Gasteiger partial charge in [-0.15, -0.1) is 0 Å². The Morgan fingerprint density at radius 3 is 2.58 bits per heavy atom. The highest BCUT2D eigenvalue weighted by Gasteiger charge is 2.06. The maximum atomic E-state index is 12.3. The van der Waals surface area contributed by atoms with Crippen LogP contribution in [0, 0.1) is 0 Å². The smallest absolute Gasteiger partial charge is 0.228 e. The minimum Gasteiger partial charge on any atom is -0.491 e. The van der Waals surface area contributed by atoms with Crippen molar-refractivity contribution in [2.45, 2.75) is 39.8 Å². The summed E-state index contributed by atoms with van der Waals surface area (Å²) in [6.07, 6.45) is 0.445. The van der Waals surface area contributed by atoms with E-state index in [9.17, 15) is 4.79 Å². The number of amides is 1. The lowest BCUT2D eigenvalue weighted by molar-refractivity contribution is -0.115. The zero-order valence-corrected chi connectivity index (χ0v) is 14.6. The molecule has 0 aliphatic carbocycles. The molecular weight excluding hydrogens is 300 g/mol. The van der Waals surface area contributed by atoms with Gasteiger partial charge in [-0.05, 0) is 55.8 Å². The van der Waals surface area contributed by atoms with E-state index in [2.05, 4.69) is 17.6 Å². The summed E-state index contributed by atoms with van der Waals surface area (Å²) in [5.41, 5.74) is 2.92. The van der Waals surface area contributed by atoms with Crippen LogP contribution < -0.4 is 15.4 Å². The van der Waals surface area contributed by atoms with Crippen molar-refractivity contribution in [2.75, 3.05) is 11.9 Å². The lowest BCUT2D eigenvalue weighted by Crippen LogP contribution is -2.15. The Morgan fingerprint density at radius 2 is 1.83 bits per heavy atom. The van der Waals surface area contributed by atoms with Crippen LogP contribution in [0.3, 0.4) is 0 Å². The summed E-state index contributed by atoms with van der Waals surface area (Å²) in [5, 5.41) is 6.24. The third-order valence-corrected chi connectivity index (χ3v) is 3.42. The van der Waals surface area contributed by atoms with Gasteiger partial charge in [-0.25, -0.2) is 0 Å². The topological polar surface area (TPSA) is 50.4 Å². The fourth-order valence-electron chi connectivity index (χ4n) is 2.42. The van der Waals surface area contributed by atoms with Crippen LogP contribution in [0.2, 0.25) is 0 Å². The summed E-state index contributed by atoms with van der Waals surface area (Å²) in [6, 6.07) is 15.6. The van der Waals surface area contributed by atoms with E-state index in [-0.39, 0.29) is 12.0 Å². The number of carbonyl (C=O) groups is 1. The quantitative estimate of drug-likeness (QED) is 0.776. The maximum Gasteiger partial charge on any atom is 0.228 e. The number of rotatable bonds is 8. The van der Waals surface area contributed by atoms with Gasteiger partial charge in [-0.2, -0.15) is 0 Å². The van der Waals surface area contributed by atoms with Crippen LogP contribution in [0.25, 0.3) is 0 Å².